The van der Waals surface area contributed by atoms with Crippen molar-refractivity contribution in [2.45, 2.75) is 25.3 Å². The van der Waals surface area contributed by atoms with Crippen LogP contribution in [0.15, 0.2) is 42.5 Å². The molecule has 0 saturated carbocycles. The van der Waals surface area contributed by atoms with E-state index in [0.717, 1.165) is 19.3 Å². The van der Waals surface area contributed by atoms with Gasteiger partial charge in [0.25, 0.3) is 0 Å². The minimum absolute atomic E-state index is 0.174. The van der Waals surface area contributed by atoms with Gasteiger partial charge in [-0.15, -0.1) is 0 Å². The van der Waals surface area contributed by atoms with Crippen LogP contribution in [0.25, 0.3) is 0 Å². The van der Waals surface area contributed by atoms with Crippen molar-refractivity contribution >= 4 is 40.6 Å². The number of benzene rings is 2. The van der Waals surface area contributed by atoms with Crippen LogP contribution in [0, 0.1) is 0 Å². The fourth-order valence-corrected chi connectivity index (χ4v) is 3.50. The molecule has 130 valence electrons. The third-order valence-corrected chi connectivity index (χ3v) is 4.86. The van der Waals surface area contributed by atoms with Crippen LogP contribution in [-0.2, 0) is 11.2 Å². The normalized spacial score (nSPS) is 15.8. The zero-order valence-corrected chi connectivity index (χ0v) is 15.4. The Bertz CT molecular complexity index is 810. The van der Waals surface area contributed by atoms with Crippen molar-refractivity contribution < 1.29 is 9.53 Å². The first-order valence-electron chi connectivity index (χ1n) is 8.11. The fourth-order valence-electron chi connectivity index (χ4n) is 3.09. The van der Waals surface area contributed by atoms with Gasteiger partial charge in [-0.2, -0.15) is 0 Å². The molecule has 0 fully saturated rings. The lowest BCUT2D eigenvalue weighted by atomic mass is 9.88. The van der Waals surface area contributed by atoms with E-state index in [2.05, 4.69) is 28.8 Å². The first kappa shape index (κ1) is 17.7. The molecule has 3 rings (SSSR count). The third-order valence-electron chi connectivity index (χ3n) is 4.31. The zero-order valence-electron chi connectivity index (χ0n) is 13.8. The van der Waals surface area contributed by atoms with Gasteiger partial charge in [-0.25, -0.2) is 4.79 Å². The molecule has 0 aromatic heterocycles. The molecule has 0 heterocycles. The summed E-state index contributed by atoms with van der Waals surface area (Å²) >= 11 is 11.7. The van der Waals surface area contributed by atoms with E-state index in [1.807, 2.05) is 6.07 Å². The topological polar surface area (TPSA) is 50.4 Å². The average molecular weight is 375 g/mol. The predicted octanol–water partition coefficient (Wildman–Crippen LogP) is 4.49. The highest BCUT2D eigenvalue weighted by molar-refractivity contribution is 7.80. The lowest BCUT2D eigenvalue weighted by molar-refractivity contribution is 0.0601. The van der Waals surface area contributed by atoms with Gasteiger partial charge in [0.05, 0.1) is 29.4 Å². The molecule has 0 saturated heterocycles. The lowest BCUT2D eigenvalue weighted by Gasteiger charge is -2.27. The van der Waals surface area contributed by atoms with Crippen LogP contribution >= 0.6 is 23.8 Å². The summed E-state index contributed by atoms with van der Waals surface area (Å²) in [5.74, 6) is -0.417. The minimum Gasteiger partial charge on any atom is -0.465 e. The number of anilines is 1. The number of carbonyl (C=O) groups is 1. The molecule has 2 N–H and O–H groups in total. The number of carbonyl (C=O) groups excluding carboxylic acids is 1. The molecule has 1 aliphatic rings. The quantitative estimate of drug-likeness (QED) is 0.612. The summed E-state index contributed by atoms with van der Waals surface area (Å²) in [5, 5.41) is 7.41. The van der Waals surface area contributed by atoms with Crippen molar-refractivity contribution in [2.75, 3.05) is 12.4 Å². The van der Waals surface area contributed by atoms with Crippen molar-refractivity contribution in [1.29, 1.82) is 0 Å². The van der Waals surface area contributed by atoms with E-state index in [0.29, 0.717) is 21.4 Å². The van der Waals surface area contributed by atoms with Crippen molar-refractivity contribution in [3.63, 3.8) is 0 Å². The summed E-state index contributed by atoms with van der Waals surface area (Å²) in [7, 11) is 1.34. The summed E-state index contributed by atoms with van der Waals surface area (Å²) in [6.45, 7) is 0. The van der Waals surface area contributed by atoms with Crippen LogP contribution in [-0.4, -0.2) is 18.2 Å². The molecule has 0 bridgehead atoms. The molecule has 0 radical (unpaired) electrons. The third kappa shape index (κ3) is 4.11. The highest BCUT2D eigenvalue weighted by Gasteiger charge is 2.20. The molecule has 4 nitrogen and oxygen atoms in total. The van der Waals surface area contributed by atoms with Gasteiger partial charge in [-0.05, 0) is 60.8 Å². The molecule has 1 aliphatic carbocycles. The molecular weight excluding hydrogens is 356 g/mol. The molecule has 25 heavy (non-hydrogen) atoms. The number of halogens is 1. The number of rotatable bonds is 3. The maximum atomic E-state index is 11.7. The van der Waals surface area contributed by atoms with E-state index in [-0.39, 0.29) is 6.04 Å². The number of aryl methyl sites for hydroxylation is 1. The van der Waals surface area contributed by atoms with Crippen LogP contribution < -0.4 is 10.6 Å². The second-order valence-electron chi connectivity index (χ2n) is 5.93. The average Bonchev–Trinajstić information content (AvgIpc) is 2.63. The first-order chi connectivity index (χ1) is 12.1. The molecule has 0 unspecified atom stereocenters. The number of hydrogen-bond donors (Lipinski definition) is 2. The standard InChI is InChI=1S/C19H19ClN2O2S/c1-24-18(23)13-9-10-15(20)17(11-13)22-19(25)21-16-8-4-6-12-5-2-3-7-14(12)16/h2-3,5,7,9-11,16H,4,6,8H2,1H3,(H2,21,22,25)/t16-/m1/s1. The summed E-state index contributed by atoms with van der Waals surface area (Å²) in [5.41, 5.74) is 3.64. The monoisotopic (exact) mass is 374 g/mol. The van der Waals surface area contributed by atoms with Gasteiger partial charge in [0.15, 0.2) is 5.11 Å². The van der Waals surface area contributed by atoms with Gasteiger partial charge in [-0.1, -0.05) is 35.9 Å². The summed E-state index contributed by atoms with van der Waals surface area (Å²) < 4.78 is 4.74. The SMILES string of the molecule is COC(=O)c1ccc(Cl)c(NC(=S)N[C@@H]2CCCc3ccccc32)c1. The van der Waals surface area contributed by atoms with Crippen LogP contribution in [0.1, 0.15) is 40.4 Å². The molecule has 2 aromatic carbocycles. The number of nitrogens with one attached hydrogen (secondary N) is 2. The number of hydrogen-bond acceptors (Lipinski definition) is 3. The zero-order chi connectivity index (χ0) is 17.8. The summed E-state index contributed by atoms with van der Waals surface area (Å²) in [6, 6.07) is 13.5. The Morgan fingerprint density at radius 3 is 2.88 bits per heavy atom. The van der Waals surface area contributed by atoms with E-state index in [1.165, 1.54) is 18.2 Å². The van der Waals surface area contributed by atoms with Gasteiger partial charge in [0.1, 0.15) is 0 Å². The molecule has 6 heteroatoms. The van der Waals surface area contributed by atoms with Crippen LogP contribution in [0.2, 0.25) is 5.02 Å². The van der Waals surface area contributed by atoms with Crippen LogP contribution in [0.3, 0.4) is 0 Å². The number of thiocarbonyl (C=S) groups is 1. The maximum absolute atomic E-state index is 11.7. The maximum Gasteiger partial charge on any atom is 0.337 e. The van der Waals surface area contributed by atoms with Crippen LogP contribution in [0.5, 0.6) is 0 Å². The van der Waals surface area contributed by atoms with Gasteiger partial charge < -0.3 is 15.4 Å². The Morgan fingerprint density at radius 2 is 2.08 bits per heavy atom. The van der Waals surface area contributed by atoms with E-state index in [4.69, 9.17) is 28.6 Å². The largest absolute Gasteiger partial charge is 0.465 e. The van der Waals surface area contributed by atoms with Crippen molar-refractivity contribution in [1.82, 2.24) is 5.32 Å². The van der Waals surface area contributed by atoms with E-state index in [1.54, 1.807) is 18.2 Å². The summed E-state index contributed by atoms with van der Waals surface area (Å²) in [6.07, 6.45) is 3.24. The van der Waals surface area contributed by atoms with Gasteiger partial charge in [-0.3, -0.25) is 0 Å². The Morgan fingerprint density at radius 1 is 1.28 bits per heavy atom. The fraction of sp³-hybridized carbons (Fsp3) is 0.263. The predicted molar refractivity (Wildman–Crippen MR) is 104 cm³/mol. The highest BCUT2D eigenvalue weighted by atomic mass is 35.5. The molecule has 2 aromatic rings. The van der Waals surface area contributed by atoms with E-state index in [9.17, 15) is 4.79 Å². The van der Waals surface area contributed by atoms with Crippen LogP contribution in [0.4, 0.5) is 5.69 Å². The van der Waals surface area contributed by atoms with Crippen molar-refractivity contribution in [3.8, 4) is 0 Å². The number of ether oxygens (including phenoxy) is 1. The van der Waals surface area contributed by atoms with Gasteiger partial charge in [0, 0.05) is 0 Å². The summed E-state index contributed by atoms with van der Waals surface area (Å²) in [4.78, 5) is 11.7. The molecule has 0 amide bonds. The van der Waals surface area contributed by atoms with E-state index < -0.39 is 5.97 Å². The Labute approximate surface area is 157 Å². The van der Waals surface area contributed by atoms with Gasteiger partial charge >= 0.3 is 5.97 Å². The smallest absolute Gasteiger partial charge is 0.337 e. The Kier molecular flexibility index (Phi) is 5.56. The van der Waals surface area contributed by atoms with Crippen molar-refractivity contribution in [3.05, 3.63) is 64.2 Å². The molecule has 0 spiro atoms. The highest BCUT2D eigenvalue weighted by Crippen LogP contribution is 2.30. The number of esters is 1. The van der Waals surface area contributed by atoms with E-state index >= 15 is 0 Å². The molecule has 1 atom stereocenters. The number of fused-ring (bicyclic) bond motifs is 1. The Balaban J connectivity index is 1.73. The van der Waals surface area contributed by atoms with Crippen molar-refractivity contribution in [2.24, 2.45) is 0 Å². The molecule has 0 aliphatic heterocycles. The second kappa shape index (κ2) is 7.85. The first-order valence-corrected chi connectivity index (χ1v) is 8.90. The minimum atomic E-state index is -0.417. The van der Waals surface area contributed by atoms with Gasteiger partial charge in [0.2, 0.25) is 0 Å². The molecular formula is C19H19ClN2O2S. The number of methoxy groups -OCH3 is 1. The second-order valence-corrected chi connectivity index (χ2v) is 6.74. The Hall–Kier alpha value is -2.11. The lowest BCUT2D eigenvalue weighted by Crippen LogP contribution is -2.34.